The summed E-state index contributed by atoms with van der Waals surface area (Å²) in [5.74, 6) is -0.180. The third-order valence-corrected chi connectivity index (χ3v) is 4.27. The number of nitrogens with two attached hydrogens (primary N) is 1. The maximum atomic E-state index is 14.2. The number of hydrogen-bond donors (Lipinski definition) is 1. The Labute approximate surface area is 119 Å². The molecule has 1 aromatic carbocycles. The maximum absolute atomic E-state index is 14.2. The lowest BCUT2D eigenvalue weighted by molar-refractivity contribution is 0.278. The third-order valence-electron chi connectivity index (χ3n) is 4.27. The highest BCUT2D eigenvalue weighted by Crippen LogP contribution is 2.41. The Morgan fingerprint density at radius 3 is 2.75 bits per heavy atom. The Bertz CT molecular complexity index is 635. The van der Waals surface area contributed by atoms with Crippen molar-refractivity contribution in [3.63, 3.8) is 0 Å². The van der Waals surface area contributed by atoms with E-state index in [-0.39, 0.29) is 17.3 Å². The molecule has 0 saturated carbocycles. The molecule has 1 aliphatic rings. The van der Waals surface area contributed by atoms with Crippen LogP contribution in [0.25, 0.3) is 5.69 Å². The van der Waals surface area contributed by atoms with E-state index in [9.17, 15) is 4.39 Å². The van der Waals surface area contributed by atoms with Gasteiger partial charge >= 0.3 is 0 Å². The maximum Gasteiger partial charge on any atom is 0.147 e. The molecule has 0 bridgehead atoms. The molecule has 0 amide bonds. The fourth-order valence-corrected chi connectivity index (χ4v) is 3.37. The largest absolute Gasteiger partial charge is 0.324 e. The van der Waals surface area contributed by atoms with E-state index in [1.165, 1.54) is 6.07 Å². The van der Waals surface area contributed by atoms with E-state index in [0.717, 1.165) is 29.7 Å². The highest BCUT2D eigenvalue weighted by atomic mass is 19.1. The molecular formula is C17H21FN2. The second kappa shape index (κ2) is 4.45. The van der Waals surface area contributed by atoms with Crippen molar-refractivity contribution in [2.24, 2.45) is 11.1 Å². The number of fused-ring (bicyclic) bond motifs is 1. The summed E-state index contributed by atoms with van der Waals surface area (Å²) in [6.45, 7) is 6.39. The fraction of sp³-hybridized carbons (Fsp3) is 0.412. The summed E-state index contributed by atoms with van der Waals surface area (Å²) in [7, 11) is 0. The zero-order valence-electron chi connectivity index (χ0n) is 12.3. The SMILES string of the molecule is Cc1cccc(F)c1-n1ccc2c1CC(C)(C)CC2N. The molecule has 1 unspecified atom stereocenters. The molecule has 0 aliphatic heterocycles. The van der Waals surface area contributed by atoms with Crippen LogP contribution in [0.5, 0.6) is 0 Å². The van der Waals surface area contributed by atoms with E-state index >= 15 is 0 Å². The van der Waals surface area contributed by atoms with Crippen LogP contribution in [0.1, 0.15) is 43.1 Å². The standard InChI is InChI=1S/C17H21FN2/c1-11-5-4-6-13(18)16(11)20-8-7-12-14(19)9-17(2,3)10-15(12)20/h4-8,14H,9-10,19H2,1-3H3. The summed E-state index contributed by atoms with van der Waals surface area (Å²) < 4.78 is 16.2. The molecular weight excluding hydrogens is 251 g/mol. The van der Waals surface area contributed by atoms with Crippen LogP contribution >= 0.6 is 0 Å². The fourth-order valence-electron chi connectivity index (χ4n) is 3.37. The molecule has 0 fully saturated rings. The molecule has 1 atom stereocenters. The first-order valence-corrected chi connectivity index (χ1v) is 7.10. The summed E-state index contributed by atoms with van der Waals surface area (Å²) in [5.41, 5.74) is 10.3. The minimum atomic E-state index is -0.180. The molecule has 3 heteroatoms. The molecule has 0 radical (unpaired) electrons. The van der Waals surface area contributed by atoms with Crippen LogP contribution in [-0.2, 0) is 6.42 Å². The first-order chi connectivity index (χ1) is 9.39. The molecule has 3 rings (SSSR count). The lowest BCUT2D eigenvalue weighted by Crippen LogP contribution is -2.30. The number of rotatable bonds is 1. The van der Waals surface area contributed by atoms with Gasteiger partial charge in [-0.3, -0.25) is 0 Å². The lowest BCUT2D eigenvalue weighted by Gasteiger charge is -2.34. The Morgan fingerprint density at radius 2 is 2.05 bits per heavy atom. The van der Waals surface area contributed by atoms with Gasteiger partial charge in [-0.25, -0.2) is 4.39 Å². The molecule has 0 saturated heterocycles. The van der Waals surface area contributed by atoms with Gasteiger partial charge < -0.3 is 10.3 Å². The molecule has 2 N–H and O–H groups in total. The quantitative estimate of drug-likeness (QED) is 0.838. The number of nitrogens with zero attached hydrogens (tertiary/aromatic N) is 1. The summed E-state index contributed by atoms with van der Waals surface area (Å²) in [6.07, 6.45) is 3.86. The van der Waals surface area contributed by atoms with Crippen molar-refractivity contribution in [1.29, 1.82) is 0 Å². The van der Waals surface area contributed by atoms with Crippen molar-refractivity contribution in [3.05, 3.63) is 53.1 Å². The molecule has 1 aromatic heterocycles. The number of para-hydroxylation sites is 1. The zero-order valence-corrected chi connectivity index (χ0v) is 12.3. The second-order valence-electron chi connectivity index (χ2n) is 6.64. The average molecular weight is 272 g/mol. The topological polar surface area (TPSA) is 30.9 Å². The van der Waals surface area contributed by atoms with Gasteiger partial charge in [0.25, 0.3) is 0 Å². The van der Waals surface area contributed by atoms with Gasteiger partial charge in [-0.2, -0.15) is 0 Å². The van der Waals surface area contributed by atoms with E-state index in [0.29, 0.717) is 5.69 Å². The Balaban J connectivity index is 2.19. The molecule has 2 nitrogen and oxygen atoms in total. The Morgan fingerprint density at radius 1 is 1.30 bits per heavy atom. The summed E-state index contributed by atoms with van der Waals surface area (Å²) >= 11 is 0. The van der Waals surface area contributed by atoms with E-state index in [2.05, 4.69) is 13.8 Å². The third kappa shape index (κ3) is 2.06. The minimum absolute atomic E-state index is 0.0436. The number of hydrogen-bond acceptors (Lipinski definition) is 1. The van der Waals surface area contributed by atoms with Crippen LogP contribution < -0.4 is 5.73 Å². The van der Waals surface area contributed by atoms with Gasteiger partial charge in [0.1, 0.15) is 5.82 Å². The molecule has 20 heavy (non-hydrogen) atoms. The van der Waals surface area contributed by atoms with Crippen molar-refractivity contribution in [2.45, 2.75) is 39.7 Å². The minimum Gasteiger partial charge on any atom is -0.324 e. The van der Waals surface area contributed by atoms with Crippen molar-refractivity contribution in [1.82, 2.24) is 4.57 Å². The number of benzene rings is 1. The van der Waals surface area contributed by atoms with Crippen LogP contribution in [0, 0.1) is 18.2 Å². The Kier molecular flexibility index (Phi) is 2.98. The van der Waals surface area contributed by atoms with Crippen molar-refractivity contribution < 1.29 is 4.39 Å². The molecule has 1 aliphatic carbocycles. The highest BCUT2D eigenvalue weighted by molar-refractivity contribution is 5.46. The van der Waals surface area contributed by atoms with E-state index in [4.69, 9.17) is 5.73 Å². The summed E-state index contributed by atoms with van der Waals surface area (Å²) in [4.78, 5) is 0. The smallest absolute Gasteiger partial charge is 0.147 e. The van der Waals surface area contributed by atoms with Crippen LogP contribution in [0.15, 0.2) is 30.5 Å². The molecule has 106 valence electrons. The van der Waals surface area contributed by atoms with Gasteiger partial charge in [0.15, 0.2) is 0 Å². The Hall–Kier alpha value is -1.61. The number of aryl methyl sites for hydroxylation is 1. The van der Waals surface area contributed by atoms with Crippen LogP contribution in [0.4, 0.5) is 4.39 Å². The summed E-state index contributed by atoms with van der Waals surface area (Å²) in [5, 5.41) is 0. The van der Waals surface area contributed by atoms with Gasteiger partial charge in [-0.05, 0) is 48.4 Å². The number of halogens is 1. The first-order valence-electron chi connectivity index (χ1n) is 7.10. The summed E-state index contributed by atoms with van der Waals surface area (Å²) in [6, 6.07) is 7.30. The second-order valence-corrected chi connectivity index (χ2v) is 6.64. The van der Waals surface area contributed by atoms with Gasteiger partial charge in [0.05, 0.1) is 5.69 Å². The normalized spacial score (nSPS) is 20.8. The highest BCUT2D eigenvalue weighted by Gasteiger charge is 2.33. The van der Waals surface area contributed by atoms with Crippen molar-refractivity contribution >= 4 is 0 Å². The van der Waals surface area contributed by atoms with Gasteiger partial charge in [0, 0.05) is 17.9 Å². The first kappa shape index (κ1) is 13.4. The molecule has 1 heterocycles. The van der Waals surface area contributed by atoms with Crippen LogP contribution in [-0.4, -0.2) is 4.57 Å². The number of aromatic nitrogens is 1. The average Bonchev–Trinajstić information content (AvgIpc) is 2.71. The van der Waals surface area contributed by atoms with Crippen LogP contribution in [0.2, 0.25) is 0 Å². The van der Waals surface area contributed by atoms with Crippen molar-refractivity contribution in [2.75, 3.05) is 0 Å². The lowest BCUT2D eigenvalue weighted by atomic mass is 9.74. The van der Waals surface area contributed by atoms with Gasteiger partial charge in [-0.15, -0.1) is 0 Å². The zero-order chi connectivity index (χ0) is 14.5. The predicted molar refractivity (Wildman–Crippen MR) is 79.5 cm³/mol. The molecule has 0 spiro atoms. The molecule has 2 aromatic rings. The predicted octanol–water partition coefficient (Wildman–Crippen LogP) is 3.90. The van der Waals surface area contributed by atoms with Gasteiger partial charge in [0.2, 0.25) is 0 Å². The van der Waals surface area contributed by atoms with E-state index in [1.54, 1.807) is 6.07 Å². The monoisotopic (exact) mass is 272 g/mol. The van der Waals surface area contributed by atoms with Gasteiger partial charge in [-0.1, -0.05) is 26.0 Å². The van der Waals surface area contributed by atoms with Crippen LogP contribution in [0.3, 0.4) is 0 Å². The van der Waals surface area contributed by atoms with E-state index < -0.39 is 0 Å². The van der Waals surface area contributed by atoms with E-state index in [1.807, 2.05) is 29.8 Å². The van der Waals surface area contributed by atoms with Crippen molar-refractivity contribution in [3.8, 4) is 5.69 Å².